The number of hydrogen-bond acceptors (Lipinski definition) is 1. The molecule has 0 aromatic heterocycles. The molecular weight excluding hydrogens is 194 g/mol. The van der Waals surface area contributed by atoms with Crippen molar-refractivity contribution in [3.8, 4) is 0 Å². The highest BCUT2D eigenvalue weighted by atomic mass is 14.8. The maximum atomic E-state index is 6.76. The van der Waals surface area contributed by atoms with E-state index >= 15 is 0 Å². The molecule has 1 nitrogen and oxygen atoms in total. The Morgan fingerprint density at radius 3 is 2.31 bits per heavy atom. The summed E-state index contributed by atoms with van der Waals surface area (Å²) in [6.07, 6.45) is 4.93. The summed E-state index contributed by atoms with van der Waals surface area (Å²) >= 11 is 0. The third-order valence-electron chi connectivity index (χ3n) is 4.46. The average molecular weight is 217 g/mol. The van der Waals surface area contributed by atoms with Gasteiger partial charge < -0.3 is 5.73 Å². The average Bonchev–Trinajstić information content (AvgIpc) is 2.23. The fourth-order valence-electron chi connectivity index (χ4n) is 3.10. The van der Waals surface area contributed by atoms with Gasteiger partial charge in [0.1, 0.15) is 0 Å². The highest BCUT2D eigenvalue weighted by Gasteiger charge is 2.45. The minimum absolute atomic E-state index is 0.142. The molecule has 88 valence electrons. The number of aryl methyl sites for hydroxylation is 1. The van der Waals surface area contributed by atoms with E-state index in [1.54, 1.807) is 0 Å². The van der Waals surface area contributed by atoms with Crippen molar-refractivity contribution >= 4 is 0 Å². The molecule has 1 fully saturated rings. The fourth-order valence-corrected chi connectivity index (χ4v) is 3.10. The van der Waals surface area contributed by atoms with Crippen LogP contribution in [0.15, 0.2) is 24.3 Å². The van der Waals surface area contributed by atoms with Crippen LogP contribution in [0.3, 0.4) is 0 Å². The Balaban J connectivity index is 2.48. The van der Waals surface area contributed by atoms with Crippen LogP contribution in [0.25, 0.3) is 0 Å². The van der Waals surface area contributed by atoms with E-state index in [-0.39, 0.29) is 11.0 Å². The molecule has 1 heteroatoms. The molecule has 16 heavy (non-hydrogen) atoms. The van der Waals surface area contributed by atoms with Gasteiger partial charge in [0.05, 0.1) is 0 Å². The number of rotatable bonds is 1. The number of nitrogens with two attached hydrogens (primary N) is 1. The number of hydrogen-bond donors (Lipinski definition) is 1. The SMILES string of the molecule is Cc1ccccc1C1(N)CCCCC1(C)C. The molecule has 1 unspecified atom stereocenters. The zero-order chi connectivity index (χ0) is 11.8. The van der Waals surface area contributed by atoms with Gasteiger partial charge in [-0.25, -0.2) is 0 Å². The monoisotopic (exact) mass is 217 g/mol. The van der Waals surface area contributed by atoms with Gasteiger partial charge in [0, 0.05) is 5.54 Å². The summed E-state index contributed by atoms with van der Waals surface area (Å²) in [5, 5.41) is 0. The summed E-state index contributed by atoms with van der Waals surface area (Å²) in [5.41, 5.74) is 9.50. The third kappa shape index (κ3) is 1.67. The molecule has 0 heterocycles. The molecule has 2 rings (SSSR count). The van der Waals surface area contributed by atoms with Gasteiger partial charge in [0.25, 0.3) is 0 Å². The maximum Gasteiger partial charge on any atom is 0.0463 e. The molecular formula is C15H23N. The van der Waals surface area contributed by atoms with Crippen LogP contribution in [-0.4, -0.2) is 0 Å². The summed E-state index contributed by atoms with van der Waals surface area (Å²) < 4.78 is 0. The van der Waals surface area contributed by atoms with Crippen molar-refractivity contribution in [3.05, 3.63) is 35.4 Å². The van der Waals surface area contributed by atoms with Crippen LogP contribution >= 0.6 is 0 Å². The van der Waals surface area contributed by atoms with Crippen LogP contribution in [-0.2, 0) is 5.54 Å². The molecule has 0 radical (unpaired) electrons. The first-order valence-corrected chi connectivity index (χ1v) is 6.32. The van der Waals surface area contributed by atoms with Crippen LogP contribution in [0.5, 0.6) is 0 Å². The fraction of sp³-hybridized carbons (Fsp3) is 0.600. The van der Waals surface area contributed by atoms with E-state index in [4.69, 9.17) is 5.73 Å². The predicted octanol–water partition coefficient (Wildman–Crippen LogP) is 3.75. The molecule has 0 saturated heterocycles. The van der Waals surface area contributed by atoms with E-state index in [0.29, 0.717) is 0 Å². The lowest BCUT2D eigenvalue weighted by Crippen LogP contribution is -2.52. The molecule has 0 bridgehead atoms. The predicted molar refractivity (Wildman–Crippen MR) is 69.3 cm³/mol. The Morgan fingerprint density at radius 2 is 1.69 bits per heavy atom. The van der Waals surface area contributed by atoms with Gasteiger partial charge in [0.15, 0.2) is 0 Å². The first-order valence-electron chi connectivity index (χ1n) is 6.32. The van der Waals surface area contributed by atoms with Crippen LogP contribution in [0.2, 0.25) is 0 Å². The molecule has 0 amide bonds. The Hall–Kier alpha value is -0.820. The highest BCUT2D eigenvalue weighted by Crippen LogP contribution is 2.48. The van der Waals surface area contributed by atoms with E-state index in [0.717, 1.165) is 6.42 Å². The molecule has 1 aromatic carbocycles. The van der Waals surface area contributed by atoms with Crippen molar-refractivity contribution in [1.29, 1.82) is 0 Å². The van der Waals surface area contributed by atoms with Crippen molar-refractivity contribution in [2.75, 3.05) is 0 Å². The van der Waals surface area contributed by atoms with E-state index in [2.05, 4.69) is 45.0 Å². The van der Waals surface area contributed by atoms with Gasteiger partial charge in [-0.2, -0.15) is 0 Å². The van der Waals surface area contributed by atoms with Gasteiger partial charge in [-0.3, -0.25) is 0 Å². The van der Waals surface area contributed by atoms with Gasteiger partial charge in [-0.05, 0) is 36.3 Å². The Morgan fingerprint density at radius 1 is 1.06 bits per heavy atom. The second-order valence-corrected chi connectivity index (χ2v) is 5.88. The molecule has 1 atom stereocenters. The quantitative estimate of drug-likeness (QED) is 0.761. The Bertz CT molecular complexity index is 381. The number of benzene rings is 1. The zero-order valence-electron chi connectivity index (χ0n) is 10.7. The van der Waals surface area contributed by atoms with Crippen LogP contribution < -0.4 is 5.73 Å². The summed E-state index contributed by atoms with van der Waals surface area (Å²) in [6.45, 7) is 6.81. The minimum atomic E-state index is -0.142. The lowest BCUT2D eigenvalue weighted by atomic mass is 9.60. The molecule has 1 aromatic rings. The molecule has 0 aliphatic heterocycles. The summed E-state index contributed by atoms with van der Waals surface area (Å²) in [4.78, 5) is 0. The summed E-state index contributed by atoms with van der Waals surface area (Å²) in [6, 6.07) is 8.59. The highest BCUT2D eigenvalue weighted by molar-refractivity contribution is 5.34. The van der Waals surface area contributed by atoms with Crippen molar-refractivity contribution < 1.29 is 0 Å². The lowest BCUT2D eigenvalue weighted by molar-refractivity contribution is 0.0973. The topological polar surface area (TPSA) is 26.0 Å². The standard InChI is InChI=1S/C15H23N/c1-12-8-4-5-9-13(12)15(16)11-7-6-10-14(15,2)3/h4-5,8-9H,6-7,10-11,16H2,1-3H3. The van der Waals surface area contributed by atoms with E-state index in [9.17, 15) is 0 Å². The second kappa shape index (κ2) is 3.89. The van der Waals surface area contributed by atoms with Crippen molar-refractivity contribution in [3.63, 3.8) is 0 Å². The van der Waals surface area contributed by atoms with E-state index in [1.165, 1.54) is 30.4 Å². The molecule has 2 N–H and O–H groups in total. The Labute approximate surface area is 99.0 Å². The third-order valence-corrected chi connectivity index (χ3v) is 4.46. The summed E-state index contributed by atoms with van der Waals surface area (Å²) in [7, 11) is 0. The zero-order valence-corrected chi connectivity index (χ0v) is 10.7. The van der Waals surface area contributed by atoms with Gasteiger partial charge in [-0.1, -0.05) is 51.0 Å². The Kier molecular flexibility index (Phi) is 2.83. The molecule has 0 spiro atoms. The minimum Gasteiger partial charge on any atom is -0.321 e. The van der Waals surface area contributed by atoms with Crippen LogP contribution in [0.4, 0.5) is 0 Å². The molecule has 1 aliphatic rings. The van der Waals surface area contributed by atoms with Crippen molar-refractivity contribution in [1.82, 2.24) is 0 Å². The van der Waals surface area contributed by atoms with Gasteiger partial charge in [-0.15, -0.1) is 0 Å². The second-order valence-electron chi connectivity index (χ2n) is 5.88. The first kappa shape index (κ1) is 11.7. The first-order chi connectivity index (χ1) is 7.47. The molecule has 1 aliphatic carbocycles. The van der Waals surface area contributed by atoms with Crippen LogP contribution in [0.1, 0.15) is 50.7 Å². The van der Waals surface area contributed by atoms with Gasteiger partial charge >= 0.3 is 0 Å². The van der Waals surface area contributed by atoms with E-state index < -0.39 is 0 Å². The lowest BCUT2D eigenvalue weighted by Gasteiger charge is -2.49. The molecule has 1 saturated carbocycles. The summed E-state index contributed by atoms with van der Waals surface area (Å²) in [5.74, 6) is 0. The normalized spacial score (nSPS) is 29.0. The van der Waals surface area contributed by atoms with Crippen molar-refractivity contribution in [2.45, 2.75) is 52.0 Å². The van der Waals surface area contributed by atoms with Crippen molar-refractivity contribution in [2.24, 2.45) is 11.1 Å². The van der Waals surface area contributed by atoms with Gasteiger partial charge in [0.2, 0.25) is 0 Å². The van der Waals surface area contributed by atoms with Crippen LogP contribution in [0, 0.1) is 12.3 Å². The smallest absolute Gasteiger partial charge is 0.0463 e. The van der Waals surface area contributed by atoms with E-state index in [1.807, 2.05) is 0 Å². The maximum absolute atomic E-state index is 6.76. The largest absolute Gasteiger partial charge is 0.321 e.